The largest absolute Gasteiger partial charge is 0.471 e. The van der Waals surface area contributed by atoms with Crippen molar-refractivity contribution in [3.63, 3.8) is 0 Å². The van der Waals surface area contributed by atoms with Crippen LogP contribution in [0.25, 0.3) is 0 Å². The molecule has 0 N–H and O–H groups in total. The Labute approximate surface area is 142 Å². The number of fused-ring (bicyclic) bond motifs is 1. The van der Waals surface area contributed by atoms with Crippen LogP contribution in [0.3, 0.4) is 0 Å². The molecule has 1 amide bonds. The van der Waals surface area contributed by atoms with Gasteiger partial charge in [-0.05, 0) is 35.7 Å². The van der Waals surface area contributed by atoms with E-state index >= 15 is 0 Å². The molecule has 0 saturated carbocycles. The van der Waals surface area contributed by atoms with E-state index in [1.54, 1.807) is 54.6 Å². The van der Waals surface area contributed by atoms with Crippen molar-refractivity contribution < 1.29 is 18.0 Å². The first kappa shape index (κ1) is 16.6. The van der Waals surface area contributed by atoms with Gasteiger partial charge in [0.25, 0.3) is 0 Å². The summed E-state index contributed by atoms with van der Waals surface area (Å²) >= 11 is 5.86. The molecule has 0 fully saturated rings. The number of nitrogens with zero attached hydrogens (tertiary/aromatic N) is 1. The molecule has 2 nitrogen and oxygen atoms in total. The molecule has 0 aliphatic carbocycles. The van der Waals surface area contributed by atoms with Crippen LogP contribution in [-0.2, 0) is 11.2 Å². The standard InChI is InChI=1S/C18H13ClF3NO/c19-14-10-8-13(9-11-14)16-7-3-5-12-4-1-2-6-15(12)23(16)17(24)18(20,21)22/h1-4,6-11,16H,5H2/t16-/m0/s1. The second-order valence-corrected chi connectivity index (χ2v) is 5.87. The van der Waals surface area contributed by atoms with Crippen molar-refractivity contribution in [2.45, 2.75) is 18.6 Å². The topological polar surface area (TPSA) is 20.3 Å². The molecule has 0 unspecified atom stereocenters. The summed E-state index contributed by atoms with van der Waals surface area (Å²) in [6.07, 6.45) is -1.10. The summed E-state index contributed by atoms with van der Waals surface area (Å²) in [4.78, 5) is 12.9. The second kappa shape index (κ2) is 6.32. The van der Waals surface area contributed by atoms with Gasteiger partial charge in [-0.2, -0.15) is 13.2 Å². The van der Waals surface area contributed by atoms with Crippen LogP contribution in [0.5, 0.6) is 0 Å². The number of hydrogen-bond donors (Lipinski definition) is 0. The van der Waals surface area contributed by atoms with Crippen molar-refractivity contribution >= 4 is 23.2 Å². The van der Waals surface area contributed by atoms with Gasteiger partial charge in [-0.1, -0.05) is 54.1 Å². The molecule has 0 spiro atoms. The number of carbonyl (C=O) groups is 1. The lowest BCUT2D eigenvalue weighted by molar-refractivity contribution is -0.170. The van der Waals surface area contributed by atoms with E-state index in [1.165, 1.54) is 6.07 Å². The number of alkyl halides is 3. The van der Waals surface area contributed by atoms with Crippen LogP contribution < -0.4 is 4.90 Å². The van der Waals surface area contributed by atoms with Gasteiger partial charge in [0.05, 0.1) is 6.04 Å². The predicted octanol–water partition coefficient (Wildman–Crippen LogP) is 5.09. The average Bonchev–Trinajstić information content (AvgIpc) is 2.73. The molecule has 1 aliphatic rings. The summed E-state index contributed by atoms with van der Waals surface area (Å²) in [5.74, 6) is -1.89. The normalized spacial score (nSPS) is 17.3. The van der Waals surface area contributed by atoms with Gasteiger partial charge < -0.3 is 0 Å². The van der Waals surface area contributed by atoms with Crippen molar-refractivity contribution in [2.75, 3.05) is 4.90 Å². The summed E-state index contributed by atoms with van der Waals surface area (Å²) in [5.41, 5.74) is 1.50. The maximum absolute atomic E-state index is 13.2. The number of para-hydroxylation sites is 1. The molecule has 0 saturated heterocycles. The maximum Gasteiger partial charge on any atom is 0.471 e. The van der Waals surface area contributed by atoms with Gasteiger partial charge >= 0.3 is 12.1 Å². The molecule has 0 radical (unpaired) electrons. The monoisotopic (exact) mass is 351 g/mol. The summed E-state index contributed by atoms with van der Waals surface area (Å²) in [6.45, 7) is 0. The second-order valence-electron chi connectivity index (χ2n) is 5.43. The highest BCUT2D eigenvalue weighted by Crippen LogP contribution is 2.37. The van der Waals surface area contributed by atoms with Gasteiger partial charge in [-0.3, -0.25) is 9.69 Å². The molecule has 0 bridgehead atoms. The molecule has 1 atom stereocenters. The van der Waals surface area contributed by atoms with Crippen LogP contribution in [0.15, 0.2) is 60.7 Å². The van der Waals surface area contributed by atoms with Crippen molar-refractivity contribution in [2.24, 2.45) is 0 Å². The minimum Gasteiger partial charge on any atom is -0.293 e. The molecule has 0 aromatic heterocycles. The van der Waals surface area contributed by atoms with Crippen molar-refractivity contribution in [1.82, 2.24) is 0 Å². The summed E-state index contributed by atoms with van der Waals surface area (Å²) in [7, 11) is 0. The Balaban J connectivity index is 2.15. The van der Waals surface area contributed by atoms with Crippen LogP contribution in [0.2, 0.25) is 5.02 Å². The average molecular weight is 352 g/mol. The van der Waals surface area contributed by atoms with Gasteiger partial charge in [-0.15, -0.1) is 0 Å². The van der Waals surface area contributed by atoms with E-state index in [0.29, 0.717) is 22.6 Å². The highest BCUT2D eigenvalue weighted by atomic mass is 35.5. The molecule has 2 aromatic carbocycles. The minimum absolute atomic E-state index is 0.268. The van der Waals surface area contributed by atoms with E-state index in [-0.39, 0.29) is 5.69 Å². The fourth-order valence-electron chi connectivity index (χ4n) is 2.77. The zero-order valence-corrected chi connectivity index (χ0v) is 13.2. The van der Waals surface area contributed by atoms with E-state index in [0.717, 1.165) is 4.90 Å². The highest BCUT2D eigenvalue weighted by molar-refractivity contribution is 6.30. The van der Waals surface area contributed by atoms with Gasteiger partial charge in [0.2, 0.25) is 0 Å². The highest BCUT2D eigenvalue weighted by Gasteiger charge is 2.46. The molecular formula is C18H13ClF3NO. The van der Waals surface area contributed by atoms with E-state index in [4.69, 9.17) is 11.6 Å². The van der Waals surface area contributed by atoms with Crippen molar-refractivity contribution in [3.05, 3.63) is 76.8 Å². The smallest absolute Gasteiger partial charge is 0.293 e. The van der Waals surface area contributed by atoms with Gasteiger partial charge in [0, 0.05) is 10.7 Å². The first-order valence-corrected chi connectivity index (χ1v) is 7.66. The summed E-state index contributed by atoms with van der Waals surface area (Å²) in [5, 5.41) is 0.477. The molecular weight excluding hydrogens is 339 g/mol. The molecule has 1 aliphatic heterocycles. The zero-order chi connectivity index (χ0) is 17.3. The Kier molecular flexibility index (Phi) is 4.37. The first-order valence-electron chi connectivity index (χ1n) is 7.28. The number of allylic oxidation sites excluding steroid dienone is 1. The third-order valence-corrected chi connectivity index (χ3v) is 4.11. The van der Waals surface area contributed by atoms with Crippen molar-refractivity contribution in [1.29, 1.82) is 0 Å². The number of anilines is 1. The van der Waals surface area contributed by atoms with Crippen LogP contribution in [-0.4, -0.2) is 12.1 Å². The first-order chi connectivity index (χ1) is 11.4. The molecule has 124 valence electrons. The van der Waals surface area contributed by atoms with Crippen LogP contribution in [0, 0.1) is 0 Å². The summed E-state index contributed by atoms with van der Waals surface area (Å²) < 4.78 is 39.5. The molecule has 6 heteroatoms. The lowest BCUT2D eigenvalue weighted by atomic mass is 10.0. The molecule has 2 aromatic rings. The van der Waals surface area contributed by atoms with Crippen molar-refractivity contribution in [3.8, 4) is 0 Å². The Morgan fingerprint density at radius 3 is 2.42 bits per heavy atom. The molecule has 24 heavy (non-hydrogen) atoms. The Hall–Kier alpha value is -2.27. The maximum atomic E-state index is 13.2. The quantitative estimate of drug-likeness (QED) is 0.655. The van der Waals surface area contributed by atoms with E-state index in [9.17, 15) is 18.0 Å². The number of amides is 1. The van der Waals surface area contributed by atoms with Crippen LogP contribution >= 0.6 is 11.6 Å². The zero-order valence-electron chi connectivity index (χ0n) is 12.4. The van der Waals surface area contributed by atoms with Crippen LogP contribution in [0.1, 0.15) is 17.2 Å². The predicted molar refractivity (Wildman–Crippen MR) is 87.0 cm³/mol. The number of halogens is 4. The fourth-order valence-corrected chi connectivity index (χ4v) is 2.90. The third-order valence-electron chi connectivity index (χ3n) is 3.86. The Bertz CT molecular complexity index is 784. The van der Waals surface area contributed by atoms with Gasteiger partial charge in [0.15, 0.2) is 0 Å². The summed E-state index contributed by atoms with van der Waals surface area (Å²) in [6, 6.07) is 12.2. The van der Waals surface area contributed by atoms with Gasteiger partial charge in [-0.25, -0.2) is 0 Å². The minimum atomic E-state index is -4.96. The lowest BCUT2D eigenvalue weighted by Gasteiger charge is -2.31. The van der Waals surface area contributed by atoms with E-state index in [2.05, 4.69) is 0 Å². The van der Waals surface area contributed by atoms with Crippen LogP contribution in [0.4, 0.5) is 18.9 Å². The van der Waals surface area contributed by atoms with E-state index in [1.807, 2.05) is 0 Å². The molecule has 1 heterocycles. The Morgan fingerprint density at radius 2 is 1.75 bits per heavy atom. The lowest BCUT2D eigenvalue weighted by Crippen LogP contribution is -2.43. The van der Waals surface area contributed by atoms with Gasteiger partial charge in [0.1, 0.15) is 0 Å². The number of hydrogen-bond acceptors (Lipinski definition) is 1. The molecule has 3 rings (SSSR count). The fraction of sp³-hybridized carbons (Fsp3) is 0.167. The number of carbonyl (C=O) groups excluding carboxylic acids is 1. The SMILES string of the molecule is O=C(N1c2ccccc2CC=C[C@H]1c1ccc(Cl)cc1)C(F)(F)F. The number of rotatable bonds is 1. The Morgan fingerprint density at radius 1 is 1.08 bits per heavy atom. The third kappa shape index (κ3) is 3.17. The van der Waals surface area contributed by atoms with E-state index < -0.39 is 18.1 Å². The number of benzene rings is 2.